The molecule has 0 aliphatic rings. The average Bonchev–Trinajstić information content (AvgIpc) is 2.26. The Hall–Kier alpha value is -1.21. The molecule has 3 N–H and O–H groups in total. The van der Waals surface area contributed by atoms with E-state index >= 15 is 0 Å². The van der Waals surface area contributed by atoms with E-state index in [0.29, 0.717) is 5.01 Å². The minimum Gasteiger partial charge on any atom is -0.279 e. The molecule has 0 fully saturated rings. The van der Waals surface area contributed by atoms with Crippen LogP contribution < -0.4 is 10.9 Å². The minimum atomic E-state index is -4.74. The summed E-state index contributed by atoms with van der Waals surface area (Å²) in [5.74, 6) is 3.61. The number of thioether (sulfide) groups is 1. The highest BCUT2D eigenvalue weighted by atomic mass is 32.2. The summed E-state index contributed by atoms with van der Waals surface area (Å²) in [5.41, 5.74) is 0.125. The maximum atomic E-state index is 12.2. The topological polar surface area (TPSA) is 53.1 Å². The van der Waals surface area contributed by atoms with E-state index in [1.807, 2.05) is 6.26 Å². The Morgan fingerprint density at radius 3 is 2.19 bits per heavy atom. The van der Waals surface area contributed by atoms with Crippen LogP contribution >= 0.6 is 11.8 Å². The van der Waals surface area contributed by atoms with Crippen molar-refractivity contribution in [3.63, 3.8) is 0 Å². The largest absolute Gasteiger partial charge is 0.450 e. The van der Waals surface area contributed by atoms with Crippen molar-refractivity contribution in [2.24, 2.45) is 5.84 Å². The second-order valence-electron chi connectivity index (χ2n) is 2.91. The van der Waals surface area contributed by atoms with Gasteiger partial charge in [0.2, 0.25) is 5.84 Å². The first-order valence-electron chi connectivity index (χ1n) is 4.21. The van der Waals surface area contributed by atoms with E-state index in [9.17, 15) is 13.2 Å². The average molecular weight is 249 g/mol. The van der Waals surface area contributed by atoms with Gasteiger partial charge in [-0.1, -0.05) is 0 Å². The predicted octanol–water partition coefficient (Wildman–Crippen LogP) is 2.63. The molecule has 0 amide bonds. The van der Waals surface area contributed by atoms with Crippen LogP contribution in [-0.4, -0.2) is 18.3 Å². The quantitative estimate of drug-likeness (QED) is 0.278. The highest BCUT2D eigenvalue weighted by Gasteiger charge is 2.38. The maximum absolute atomic E-state index is 12.2. The molecule has 0 aliphatic heterocycles. The van der Waals surface area contributed by atoms with Gasteiger partial charge in [0.1, 0.15) is 0 Å². The van der Waals surface area contributed by atoms with Crippen LogP contribution in [0.5, 0.6) is 0 Å². The lowest BCUT2D eigenvalue weighted by molar-refractivity contribution is -0.0609. The Balaban J connectivity index is 2.88. The number of hydrogen-bond donors (Lipinski definition) is 2. The van der Waals surface area contributed by atoms with Gasteiger partial charge in [-0.2, -0.15) is 13.2 Å². The molecule has 0 saturated carbocycles. The number of alkyl halides is 3. The lowest BCUT2D eigenvalue weighted by atomic mass is 10.3. The Kier molecular flexibility index (Phi) is 3.82. The van der Waals surface area contributed by atoms with Gasteiger partial charge in [-0.05, 0) is 30.5 Å². The SMILES string of the molecule is CSc1ccc(N(N)C(=N)C(F)(F)F)cc1. The fourth-order valence-corrected chi connectivity index (χ4v) is 1.42. The molecule has 0 saturated heterocycles. The number of rotatable bonds is 2. The van der Waals surface area contributed by atoms with E-state index in [0.717, 1.165) is 4.90 Å². The molecule has 0 radical (unpaired) electrons. The molecule has 16 heavy (non-hydrogen) atoms. The summed E-state index contributed by atoms with van der Waals surface area (Å²) in [6.45, 7) is 0. The molecule has 3 nitrogen and oxygen atoms in total. The van der Waals surface area contributed by atoms with Crippen LogP contribution in [0, 0.1) is 5.41 Å². The van der Waals surface area contributed by atoms with Gasteiger partial charge in [-0.3, -0.25) is 10.4 Å². The summed E-state index contributed by atoms with van der Waals surface area (Å²) in [4.78, 5) is 0.913. The predicted molar refractivity (Wildman–Crippen MR) is 58.7 cm³/mol. The van der Waals surface area contributed by atoms with Crippen LogP contribution in [0.3, 0.4) is 0 Å². The number of nitrogens with one attached hydrogen (secondary N) is 1. The van der Waals surface area contributed by atoms with Crippen molar-refractivity contribution in [1.82, 2.24) is 0 Å². The van der Waals surface area contributed by atoms with Crippen LogP contribution in [0.25, 0.3) is 0 Å². The number of anilines is 1. The van der Waals surface area contributed by atoms with E-state index in [4.69, 9.17) is 11.3 Å². The van der Waals surface area contributed by atoms with Crippen molar-refractivity contribution >= 4 is 23.3 Å². The highest BCUT2D eigenvalue weighted by Crippen LogP contribution is 2.23. The Morgan fingerprint density at radius 1 is 1.31 bits per heavy atom. The second-order valence-corrected chi connectivity index (χ2v) is 3.79. The number of amidine groups is 1. The number of nitrogens with zero attached hydrogens (tertiary/aromatic N) is 1. The van der Waals surface area contributed by atoms with E-state index in [-0.39, 0.29) is 5.69 Å². The monoisotopic (exact) mass is 249 g/mol. The van der Waals surface area contributed by atoms with Crippen molar-refractivity contribution in [2.75, 3.05) is 11.3 Å². The third-order valence-electron chi connectivity index (χ3n) is 1.86. The smallest absolute Gasteiger partial charge is 0.279 e. The van der Waals surface area contributed by atoms with Crippen molar-refractivity contribution in [1.29, 1.82) is 5.41 Å². The summed E-state index contributed by atoms with van der Waals surface area (Å²) in [6.07, 6.45) is -2.89. The van der Waals surface area contributed by atoms with Crippen molar-refractivity contribution in [3.8, 4) is 0 Å². The molecular formula is C9H10F3N3S. The zero-order valence-electron chi connectivity index (χ0n) is 8.38. The molecule has 1 aromatic carbocycles. The molecule has 0 unspecified atom stereocenters. The summed E-state index contributed by atoms with van der Waals surface area (Å²) in [6, 6.07) is 6.16. The summed E-state index contributed by atoms with van der Waals surface area (Å²) < 4.78 is 36.5. The van der Waals surface area contributed by atoms with Gasteiger partial charge >= 0.3 is 6.18 Å². The second kappa shape index (κ2) is 4.75. The van der Waals surface area contributed by atoms with Gasteiger partial charge in [-0.15, -0.1) is 11.8 Å². The highest BCUT2D eigenvalue weighted by molar-refractivity contribution is 7.98. The van der Waals surface area contributed by atoms with Crippen molar-refractivity contribution in [2.45, 2.75) is 11.1 Å². The van der Waals surface area contributed by atoms with Crippen LogP contribution in [0.1, 0.15) is 0 Å². The van der Waals surface area contributed by atoms with Crippen LogP contribution in [0.4, 0.5) is 18.9 Å². The molecule has 1 aromatic rings. The third-order valence-corrected chi connectivity index (χ3v) is 2.60. The fourth-order valence-electron chi connectivity index (χ4n) is 1.01. The number of benzene rings is 1. The van der Waals surface area contributed by atoms with E-state index in [2.05, 4.69) is 0 Å². The van der Waals surface area contributed by atoms with Gasteiger partial charge < -0.3 is 0 Å². The number of nitrogens with two attached hydrogens (primary N) is 1. The zero-order valence-corrected chi connectivity index (χ0v) is 9.19. The minimum absolute atomic E-state index is 0.125. The molecule has 0 atom stereocenters. The van der Waals surface area contributed by atoms with Crippen LogP contribution in [0.2, 0.25) is 0 Å². The molecule has 0 bridgehead atoms. The first kappa shape index (κ1) is 12.9. The summed E-state index contributed by atoms with van der Waals surface area (Å²) in [5, 5.41) is 7.16. The molecule has 0 aromatic heterocycles. The van der Waals surface area contributed by atoms with Crippen LogP contribution in [0.15, 0.2) is 29.2 Å². The lowest BCUT2D eigenvalue weighted by Gasteiger charge is -2.20. The fraction of sp³-hybridized carbons (Fsp3) is 0.222. The molecule has 1 rings (SSSR count). The lowest BCUT2D eigenvalue weighted by Crippen LogP contribution is -2.45. The first-order valence-corrected chi connectivity index (χ1v) is 5.43. The molecular weight excluding hydrogens is 239 g/mol. The maximum Gasteiger partial charge on any atom is 0.450 e. The zero-order chi connectivity index (χ0) is 12.3. The summed E-state index contributed by atoms with van der Waals surface area (Å²) in [7, 11) is 0. The summed E-state index contributed by atoms with van der Waals surface area (Å²) >= 11 is 1.47. The van der Waals surface area contributed by atoms with Gasteiger partial charge in [0, 0.05) is 4.90 Å². The Morgan fingerprint density at radius 2 is 1.81 bits per heavy atom. The molecule has 88 valence electrons. The number of halogens is 3. The van der Waals surface area contributed by atoms with E-state index in [1.165, 1.54) is 23.9 Å². The number of hydrogen-bond acceptors (Lipinski definition) is 3. The van der Waals surface area contributed by atoms with Crippen LogP contribution in [-0.2, 0) is 0 Å². The van der Waals surface area contributed by atoms with Crippen molar-refractivity contribution in [3.05, 3.63) is 24.3 Å². The molecule has 0 spiro atoms. The van der Waals surface area contributed by atoms with Gasteiger partial charge in [0.15, 0.2) is 0 Å². The molecule has 7 heteroatoms. The molecule has 0 aliphatic carbocycles. The van der Waals surface area contributed by atoms with Gasteiger partial charge in [-0.25, -0.2) is 5.84 Å². The third kappa shape index (κ3) is 2.89. The molecule has 0 heterocycles. The normalized spacial score (nSPS) is 11.3. The van der Waals surface area contributed by atoms with E-state index < -0.39 is 12.0 Å². The van der Waals surface area contributed by atoms with E-state index in [1.54, 1.807) is 12.1 Å². The Labute approximate surface area is 94.9 Å². The Bertz CT molecular complexity index is 375. The van der Waals surface area contributed by atoms with Gasteiger partial charge in [0.25, 0.3) is 0 Å². The van der Waals surface area contributed by atoms with Crippen molar-refractivity contribution < 1.29 is 13.2 Å². The van der Waals surface area contributed by atoms with Gasteiger partial charge in [0.05, 0.1) is 5.69 Å². The standard InChI is InChI=1S/C9H10F3N3S/c1-16-7-4-2-6(3-5-7)15(14)8(13)9(10,11)12/h2-5,13H,14H2,1H3. The number of hydrazine groups is 1. The first-order chi connectivity index (χ1) is 7.36.